The molecule has 0 aromatic carbocycles. The Bertz CT molecular complexity index is 17.2. The Morgan fingerprint density at radius 3 is 1.43 bits per heavy atom. The van der Waals surface area contributed by atoms with E-state index in [9.17, 15) is 0 Å². The van der Waals surface area contributed by atoms with Crippen molar-refractivity contribution in [1.29, 1.82) is 0 Å². The summed E-state index contributed by atoms with van der Waals surface area (Å²) in [5.41, 5.74) is 0. The van der Waals surface area contributed by atoms with Gasteiger partial charge in [-0.25, -0.2) is 0 Å². The van der Waals surface area contributed by atoms with Gasteiger partial charge in [-0.2, -0.15) is 0 Å². The second kappa shape index (κ2) is 15.7. The molecule has 0 aromatic heterocycles. The fourth-order valence-corrected chi connectivity index (χ4v) is 0.125. The molecular formula is C4H9NW2. The molecule has 7 heavy (non-hydrogen) atoms. The standard InChI is InChI=1S/C4H9N.2W/c1-3-5-4-2;;/h5H,1-4H2;;/q-2;;+2. The third-order valence-corrected chi connectivity index (χ3v) is 0.354. The summed E-state index contributed by atoms with van der Waals surface area (Å²) in [6, 6.07) is 0. The van der Waals surface area contributed by atoms with Gasteiger partial charge < -0.3 is 19.2 Å². The maximum Gasteiger partial charge on any atom is 2.00 e. The summed E-state index contributed by atoms with van der Waals surface area (Å²) in [6.07, 6.45) is 0. The molecule has 3 heteroatoms. The number of hydrogen-bond acceptors (Lipinski definition) is 1. The van der Waals surface area contributed by atoms with E-state index in [-0.39, 0.29) is 42.1 Å². The first-order valence-corrected chi connectivity index (χ1v) is 1.71. The van der Waals surface area contributed by atoms with Crippen LogP contribution in [-0.4, -0.2) is 13.1 Å². The molecule has 0 fully saturated rings. The van der Waals surface area contributed by atoms with Crippen LogP contribution in [0.3, 0.4) is 0 Å². The minimum absolute atomic E-state index is 0. The molecule has 0 rings (SSSR count). The van der Waals surface area contributed by atoms with Crippen molar-refractivity contribution in [2.24, 2.45) is 0 Å². The average Bonchev–Trinajstić information content (AvgIpc) is 1.41. The summed E-state index contributed by atoms with van der Waals surface area (Å²) in [4.78, 5) is 0. The van der Waals surface area contributed by atoms with Gasteiger partial charge in [-0.1, -0.05) is 0 Å². The third kappa shape index (κ3) is 18.8. The minimum Gasteiger partial charge on any atom is -0.376 e. The third-order valence-electron chi connectivity index (χ3n) is 0.354. The predicted molar refractivity (Wildman–Crippen MR) is 23.6 cm³/mol. The smallest absolute Gasteiger partial charge is 0.376 e. The molecule has 0 aliphatic carbocycles. The zero-order valence-electron chi connectivity index (χ0n) is 4.14. The number of rotatable bonds is 2. The molecule has 1 N–H and O–H groups in total. The predicted octanol–water partition coefficient (Wildman–Crippen LogP) is 0.239. The largest absolute Gasteiger partial charge is 2.00 e. The molecule has 0 spiro atoms. The van der Waals surface area contributed by atoms with Crippen molar-refractivity contribution in [3.05, 3.63) is 13.8 Å². The molecule has 0 aliphatic heterocycles. The van der Waals surface area contributed by atoms with E-state index in [4.69, 9.17) is 0 Å². The fraction of sp³-hybridized carbons (Fsp3) is 0.500. The van der Waals surface area contributed by atoms with Crippen LogP contribution in [0.4, 0.5) is 0 Å². The molecule has 0 aliphatic rings. The van der Waals surface area contributed by atoms with Crippen LogP contribution in [0.2, 0.25) is 0 Å². The van der Waals surface area contributed by atoms with Crippen LogP contribution in [0.25, 0.3) is 0 Å². The van der Waals surface area contributed by atoms with Crippen molar-refractivity contribution >= 4 is 0 Å². The molecule has 0 saturated heterocycles. The Morgan fingerprint density at radius 2 is 1.43 bits per heavy atom. The van der Waals surface area contributed by atoms with E-state index in [1.165, 1.54) is 0 Å². The Morgan fingerprint density at radius 1 is 1.14 bits per heavy atom. The summed E-state index contributed by atoms with van der Waals surface area (Å²) < 4.78 is 0. The van der Waals surface area contributed by atoms with Gasteiger partial charge in [0, 0.05) is 21.1 Å². The van der Waals surface area contributed by atoms with E-state index < -0.39 is 0 Å². The topological polar surface area (TPSA) is 12.0 Å². The molecule has 0 radical (unpaired) electrons. The van der Waals surface area contributed by atoms with Crippen LogP contribution in [-0.2, 0) is 42.1 Å². The summed E-state index contributed by atoms with van der Waals surface area (Å²) in [7, 11) is 0. The number of hydrogen-bond donors (Lipinski definition) is 1. The molecule has 0 saturated carbocycles. The van der Waals surface area contributed by atoms with Gasteiger partial charge in [0.1, 0.15) is 0 Å². The van der Waals surface area contributed by atoms with E-state index in [0.717, 1.165) is 13.1 Å². The molecule has 0 bridgehead atoms. The quantitative estimate of drug-likeness (QED) is 0.609. The van der Waals surface area contributed by atoms with Crippen molar-refractivity contribution in [2.45, 2.75) is 0 Å². The summed E-state index contributed by atoms with van der Waals surface area (Å²) in [5, 5.41) is 2.89. The molecule has 0 aromatic rings. The van der Waals surface area contributed by atoms with Crippen molar-refractivity contribution in [3.63, 3.8) is 0 Å². The van der Waals surface area contributed by atoms with Crippen LogP contribution in [0.15, 0.2) is 0 Å². The van der Waals surface area contributed by atoms with E-state index in [0.29, 0.717) is 0 Å². The Labute approximate surface area is 74.2 Å². The van der Waals surface area contributed by atoms with Crippen molar-refractivity contribution in [2.75, 3.05) is 13.1 Å². The Kier molecular flexibility index (Phi) is 35.3. The van der Waals surface area contributed by atoms with Gasteiger partial charge in [0.05, 0.1) is 0 Å². The monoisotopic (exact) mass is 439 g/mol. The van der Waals surface area contributed by atoms with E-state index in [1.54, 1.807) is 0 Å². The van der Waals surface area contributed by atoms with Crippen molar-refractivity contribution in [1.82, 2.24) is 5.32 Å². The molecule has 42 valence electrons. The summed E-state index contributed by atoms with van der Waals surface area (Å²) >= 11 is 0. The van der Waals surface area contributed by atoms with Gasteiger partial charge >= 0.3 is 21.1 Å². The summed E-state index contributed by atoms with van der Waals surface area (Å²) in [5.74, 6) is 0. The van der Waals surface area contributed by atoms with E-state index >= 15 is 0 Å². The second-order valence-electron chi connectivity index (χ2n) is 0.750. The first-order valence-electron chi connectivity index (χ1n) is 1.71. The number of nitrogens with one attached hydrogen (secondary N) is 1. The van der Waals surface area contributed by atoms with Gasteiger partial charge in [0.25, 0.3) is 0 Å². The van der Waals surface area contributed by atoms with E-state index in [1.807, 2.05) is 0 Å². The molecular weight excluding hydrogens is 430 g/mol. The molecule has 1 nitrogen and oxygen atoms in total. The van der Waals surface area contributed by atoms with Crippen LogP contribution < -0.4 is 5.32 Å². The maximum absolute atomic E-state index is 3.52. The first-order chi connectivity index (χ1) is 2.41. The Balaban J connectivity index is -0.0000000800. The normalized spacial score (nSPS) is 6.00. The van der Waals surface area contributed by atoms with Gasteiger partial charge in [-0.15, -0.1) is 13.1 Å². The molecule has 0 amide bonds. The summed E-state index contributed by atoms with van der Waals surface area (Å²) in [6.45, 7) is 8.61. The molecule has 0 atom stereocenters. The maximum atomic E-state index is 3.52. The first kappa shape index (κ1) is 15.8. The van der Waals surface area contributed by atoms with Crippen molar-refractivity contribution < 1.29 is 42.1 Å². The van der Waals surface area contributed by atoms with E-state index in [2.05, 4.69) is 19.2 Å². The van der Waals surface area contributed by atoms with Gasteiger partial charge in [-0.05, 0) is 0 Å². The van der Waals surface area contributed by atoms with Crippen LogP contribution in [0.5, 0.6) is 0 Å². The van der Waals surface area contributed by atoms with Gasteiger partial charge in [0.15, 0.2) is 0 Å². The zero-order valence-corrected chi connectivity index (χ0v) is 10.0. The van der Waals surface area contributed by atoms with Gasteiger partial charge in [-0.3, -0.25) is 0 Å². The zero-order chi connectivity index (χ0) is 4.12. The van der Waals surface area contributed by atoms with Crippen LogP contribution in [0, 0.1) is 13.8 Å². The average molecular weight is 439 g/mol. The van der Waals surface area contributed by atoms with Gasteiger partial charge in [0.2, 0.25) is 0 Å². The fourth-order valence-electron chi connectivity index (χ4n) is 0.125. The minimum atomic E-state index is 0. The van der Waals surface area contributed by atoms with Crippen molar-refractivity contribution in [3.8, 4) is 0 Å². The molecule has 0 heterocycles. The molecule has 0 unspecified atom stereocenters. The van der Waals surface area contributed by atoms with Crippen LogP contribution >= 0.6 is 0 Å². The Hall–Kier alpha value is 1.34. The van der Waals surface area contributed by atoms with Crippen LogP contribution in [0.1, 0.15) is 0 Å². The SMILES string of the molecule is [CH2-]CNC[CH2-].[W+2].[W]. The second-order valence-corrected chi connectivity index (χ2v) is 0.750.